The summed E-state index contributed by atoms with van der Waals surface area (Å²) >= 11 is 0. The van der Waals surface area contributed by atoms with E-state index in [2.05, 4.69) is 10.6 Å². The highest BCUT2D eigenvalue weighted by atomic mass is 16.8. The van der Waals surface area contributed by atoms with Crippen LogP contribution < -0.4 is 10.6 Å². The molecule has 6 heterocycles. The summed E-state index contributed by atoms with van der Waals surface area (Å²) in [4.78, 5) is 26.1. The molecule has 0 aromatic rings. The van der Waals surface area contributed by atoms with Crippen molar-refractivity contribution < 1.29 is 158 Å². The van der Waals surface area contributed by atoms with Gasteiger partial charge < -0.3 is 159 Å². The van der Waals surface area contributed by atoms with Crippen LogP contribution in [0.15, 0.2) is 0 Å². The van der Waals surface area contributed by atoms with Gasteiger partial charge in [-0.3, -0.25) is 9.59 Å². The quantitative estimate of drug-likeness (QED) is 0.0507. The highest BCUT2D eigenvalue weighted by Crippen LogP contribution is 2.37. The molecule has 0 unspecified atom stereocenters. The average Bonchev–Trinajstić information content (AvgIpc) is 3.39. The monoisotopic (exact) mass is 1130 g/mol. The second-order valence-electron chi connectivity index (χ2n) is 19.4. The molecule has 0 aromatic carbocycles. The Hall–Kier alpha value is -2.26. The highest BCUT2D eigenvalue weighted by molar-refractivity contribution is 5.73. The van der Waals surface area contributed by atoms with E-state index in [1.54, 1.807) is 0 Å². The summed E-state index contributed by atoms with van der Waals surface area (Å²) in [6.45, 7) is -2.60. The number of carbonyl (C=O) groups is 2. The second kappa shape index (κ2) is 28.1. The number of rotatable bonds is 21. The zero-order valence-electron chi connectivity index (χ0n) is 41.6. The van der Waals surface area contributed by atoms with Gasteiger partial charge in [0.25, 0.3) is 0 Å². The lowest BCUT2D eigenvalue weighted by Crippen LogP contribution is -2.71. The Morgan fingerprint density at radius 3 is 1.16 bits per heavy atom. The summed E-state index contributed by atoms with van der Waals surface area (Å²) < 4.78 is 70.4. The van der Waals surface area contributed by atoms with Gasteiger partial charge >= 0.3 is 0 Å². The lowest BCUT2D eigenvalue weighted by atomic mass is 9.93. The fraction of sp³-hybridized carbons (Fsp3) is 0.953. The van der Waals surface area contributed by atoms with Crippen LogP contribution in [0.2, 0.25) is 0 Å². The van der Waals surface area contributed by atoms with Crippen molar-refractivity contribution in [1.82, 2.24) is 10.6 Å². The van der Waals surface area contributed by atoms with Crippen molar-refractivity contribution in [2.24, 2.45) is 0 Å². The van der Waals surface area contributed by atoms with E-state index in [1.807, 2.05) is 0 Å². The summed E-state index contributed by atoms with van der Waals surface area (Å²) in [6.07, 6.45) is -53.4. The predicted octanol–water partition coefficient (Wildman–Crippen LogP) is -13.4. The van der Waals surface area contributed by atoms with Crippen LogP contribution in [0.1, 0.15) is 20.8 Å². The molecule has 6 saturated heterocycles. The topological polar surface area (TPSA) is 533 Å². The molecule has 0 saturated carbocycles. The zero-order valence-corrected chi connectivity index (χ0v) is 41.6. The molecule has 34 nitrogen and oxygen atoms in total. The Bertz CT molecular complexity index is 1830. The van der Waals surface area contributed by atoms with Crippen LogP contribution >= 0.6 is 0 Å². The molecular weight excluding hydrogens is 1060 g/mol. The van der Waals surface area contributed by atoms with Gasteiger partial charge in [-0.15, -0.1) is 0 Å². The summed E-state index contributed by atoms with van der Waals surface area (Å²) in [6, 6.07) is -3.50. The van der Waals surface area contributed by atoms with Gasteiger partial charge in [0.15, 0.2) is 37.7 Å². The molecule has 6 aliphatic rings. The van der Waals surface area contributed by atoms with Crippen LogP contribution in [-0.4, -0.2) is 340 Å². The molecule has 34 heteroatoms. The molecule has 6 fully saturated rings. The minimum Gasteiger partial charge on any atom is -0.394 e. The fourth-order valence-corrected chi connectivity index (χ4v) is 9.51. The molecule has 0 bridgehead atoms. The number of aliphatic hydroxyl groups is 18. The van der Waals surface area contributed by atoms with Crippen LogP contribution in [0.25, 0.3) is 0 Å². The lowest BCUT2D eigenvalue weighted by Gasteiger charge is -2.52. The summed E-state index contributed by atoms with van der Waals surface area (Å²) in [5.41, 5.74) is 0. The number of hydrogen-bond acceptors (Lipinski definition) is 32. The molecule has 0 aliphatic carbocycles. The zero-order chi connectivity index (χ0) is 56.9. The number of carbonyl (C=O) groups excluding carboxylic acids is 2. The van der Waals surface area contributed by atoms with Crippen LogP contribution in [0.3, 0.4) is 0 Å². The van der Waals surface area contributed by atoms with Gasteiger partial charge in [-0.05, 0) is 6.92 Å². The van der Waals surface area contributed by atoms with Gasteiger partial charge in [0.2, 0.25) is 11.8 Å². The minimum atomic E-state index is -2.22. The Balaban J connectivity index is 1.36. The third-order valence-electron chi connectivity index (χ3n) is 13.9. The Morgan fingerprint density at radius 2 is 0.740 bits per heavy atom. The van der Waals surface area contributed by atoms with E-state index in [1.165, 1.54) is 6.92 Å². The maximum Gasteiger partial charge on any atom is 0.217 e. The Labute approximate surface area is 437 Å². The maximum absolute atomic E-state index is 13.2. The Morgan fingerprint density at radius 1 is 0.403 bits per heavy atom. The molecule has 0 spiro atoms. The van der Waals surface area contributed by atoms with Crippen molar-refractivity contribution in [2.45, 2.75) is 211 Å². The molecule has 30 atom stereocenters. The van der Waals surface area contributed by atoms with E-state index in [-0.39, 0.29) is 0 Å². The largest absolute Gasteiger partial charge is 0.394 e. The van der Waals surface area contributed by atoms with Gasteiger partial charge in [-0.2, -0.15) is 0 Å². The van der Waals surface area contributed by atoms with E-state index in [0.717, 1.165) is 13.8 Å². The maximum atomic E-state index is 13.2. The predicted molar refractivity (Wildman–Crippen MR) is 238 cm³/mol. The first-order valence-electron chi connectivity index (χ1n) is 24.6. The van der Waals surface area contributed by atoms with Crippen molar-refractivity contribution in [3.63, 3.8) is 0 Å². The van der Waals surface area contributed by atoms with E-state index in [0.29, 0.717) is 0 Å². The number of hydrogen-bond donors (Lipinski definition) is 20. The number of amides is 2. The van der Waals surface area contributed by atoms with Crippen molar-refractivity contribution in [3.05, 3.63) is 0 Å². The molecule has 77 heavy (non-hydrogen) atoms. The van der Waals surface area contributed by atoms with Crippen LogP contribution in [0, 0.1) is 0 Å². The Kier molecular flexibility index (Phi) is 23.4. The molecule has 0 radical (unpaired) electrons. The first-order valence-corrected chi connectivity index (χ1v) is 24.6. The average molecular weight is 1130 g/mol. The molecule has 448 valence electrons. The van der Waals surface area contributed by atoms with E-state index >= 15 is 0 Å². The van der Waals surface area contributed by atoms with Crippen LogP contribution in [-0.2, 0) is 66.4 Å². The SMILES string of the molecule is CC(=O)N[C@@H]1[C@H](O[C@H]2[C@H](O)[C@@H](CO[C@H]3O[C@H](CO)[C@@H](O)[C@H](O)[C@H]3O)O[C@@H](OC(CO)CO)[C@@H]2NC(C)=O)O[C@@H](C)[C@@H](O[C@@H]2O[C@H](CO)[C@@H](O)[C@H](O)[C@H]2O)[C@H]1O[C@H]1O[C@H](CO[C@H]2O[C@H](CO)[C@@H](O)[C@H](O)[C@H]2O)[C@H](O)[C@H](O)[C@H]1O. The van der Waals surface area contributed by atoms with E-state index < -0.39 is 248 Å². The number of aliphatic hydroxyl groups excluding tert-OH is 18. The number of nitrogens with one attached hydrogen (secondary N) is 2. The molecule has 6 aliphatic heterocycles. The van der Waals surface area contributed by atoms with Gasteiger partial charge in [-0.25, -0.2) is 0 Å². The van der Waals surface area contributed by atoms with E-state index in [4.69, 9.17) is 56.8 Å². The molecular formula is C43H74N2O32. The normalized spacial score (nSPS) is 47.9. The van der Waals surface area contributed by atoms with Crippen molar-refractivity contribution in [1.29, 1.82) is 0 Å². The summed E-state index contributed by atoms with van der Waals surface area (Å²) in [5.74, 6) is -1.70. The first kappa shape index (κ1) is 63.9. The minimum absolute atomic E-state index is 0.812. The van der Waals surface area contributed by atoms with Crippen molar-refractivity contribution in [3.8, 4) is 0 Å². The number of ether oxygens (including phenoxy) is 12. The fourth-order valence-electron chi connectivity index (χ4n) is 9.51. The van der Waals surface area contributed by atoms with Gasteiger partial charge in [0.05, 0.1) is 52.4 Å². The van der Waals surface area contributed by atoms with Crippen LogP contribution in [0.5, 0.6) is 0 Å². The third-order valence-corrected chi connectivity index (χ3v) is 13.9. The molecule has 0 aromatic heterocycles. The second-order valence-corrected chi connectivity index (χ2v) is 19.4. The van der Waals surface area contributed by atoms with Gasteiger partial charge in [0.1, 0.15) is 146 Å². The lowest BCUT2D eigenvalue weighted by molar-refractivity contribution is -0.383. The van der Waals surface area contributed by atoms with Crippen molar-refractivity contribution >= 4 is 11.8 Å². The van der Waals surface area contributed by atoms with E-state index in [9.17, 15) is 102 Å². The summed E-state index contributed by atoms with van der Waals surface area (Å²) in [5, 5.41) is 195. The van der Waals surface area contributed by atoms with Crippen LogP contribution in [0.4, 0.5) is 0 Å². The highest BCUT2D eigenvalue weighted by Gasteiger charge is 2.58. The molecule has 2 amide bonds. The summed E-state index contributed by atoms with van der Waals surface area (Å²) in [7, 11) is 0. The molecule has 20 N–H and O–H groups in total. The first-order chi connectivity index (χ1) is 36.4. The third kappa shape index (κ3) is 14.5. The van der Waals surface area contributed by atoms with Crippen molar-refractivity contribution in [2.75, 3.05) is 46.2 Å². The molecule has 6 rings (SSSR count). The standard InChI is InChI=1S/C43H74N2O32/c1-11-35(75-42-33(64)29(60)24(55)17(8-50)72-42)37(77-43-34(65)30(61)25(56)18(74-43)9-66-40-31(62)27(58)22(53)15(6-48)70-40)21(45-13(3)52)38(68-11)76-36-20(44-12(2)51)39(69-14(4-46)5-47)73-19(26(36)57)10-67-41-32(63)28(59)23(54)16(7-49)71-41/h11,14-43,46-50,53-65H,4-10H2,1-3H3,(H,44,51)(H,45,52)/t11-,15+,16+,17+,18+,19+,20+,21-,22+,23+,24+,25-,26+,27-,28-,29-,30-,31+,32+,33+,34+,35+,36+,37-,38-,39+,40-,41-,42-,43+/m0/s1. The van der Waals surface area contributed by atoms with Gasteiger partial charge in [0, 0.05) is 13.8 Å². The van der Waals surface area contributed by atoms with Gasteiger partial charge in [-0.1, -0.05) is 0 Å². The smallest absolute Gasteiger partial charge is 0.217 e.